The summed E-state index contributed by atoms with van der Waals surface area (Å²) in [7, 11) is 0. The van der Waals surface area contributed by atoms with Crippen LogP contribution in [0.1, 0.15) is 38.5 Å². The maximum absolute atomic E-state index is 12.0. The predicted octanol–water partition coefficient (Wildman–Crippen LogP) is 0.516. The summed E-state index contributed by atoms with van der Waals surface area (Å²) in [4.78, 5) is 23.6. The lowest BCUT2D eigenvalue weighted by Crippen LogP contribution is -2.51. The number of nitrogens with one attached hydrogen (secondary N) is 2. The minimum absolute atomic E-state index is 0.206. The molecule has 1 atom stereocenters. The molecule has 1 saturated heterocycles. The first-order chi connectivity index (χ1) is 9.64. The molecule has 1 heterocycles. The number of ether oxygens (including phenoxy) is 1. The fourth-order valence-electron chi connectivity index (χ4n) is 2.98. The van der Waals surface area contributed by atoms with Gasteiger partial charge in [-0.1, -0.05) is 25.7 Å². The highest BCUT2D eigenvalue weighted by Crippen LogP contribution is 2.34. The summed E-state index contributed by atoms with van der Waals surface area (Å²) in [5.41, 5.74) is -0.797. The molecule has 0 aromatic heterocycles. The second kappa shape index (κ2) is 7.04. The quantitative estimate of drug-likeness (QED) is 0.655. The van der Waals surface area contributed by atoms with Crippen molar-refractivity contribution in [2.75, 3.05) is 26.2 Å². The number of hydrogen-bond donors (Lipinski definition) is 3. The Labute approximate surface area is 119 Å². The van der Waals surface area contributed by atoms with Crippen LogP contribution in [0.15, 0.2) is 0 Å². The molecule has 2 aliphatic rings. The van der Waals surface area contributed by atoms with Crippen LogP contribution < -0.4 is 10.6 Å². The number of rotatable bonds is 4. The molecule has 1 unspecified atom stereocenters. The Morgan fingerprint density at radius 2 is 1.95 bits per heavy atom. The van der Waals surface area contributed by atoms with Gasteiger partial charge in [-0.3, -0.25) is 9.59 Å². The second-order valence-electron chi connectivity index (χ2n) is 5.78. The Balaban J connectivity index is 1.91. The molecule has 3 N–H and O–H groups in total. The lowest BCUT2D eigenvalue weighted by atomic mass is 9.80. The van der Waals surface area contributed by atoms with Crippen molar-refractivity contribution in [3.05, 3.63) is 0 Å². The fraction of sp³-hybridized carbons (Fsp3) is 0.857. The summed E-state index contributed by atoms with van der Waals surface area (Å²) < 4.78 is 5.38. The Kier molecular flexibility index (Phi) is 5.37. The van der Waals surface area contributed by atoms with Crippen LogP contribution in [0, 0.1) is 5.41 Å². The minimum Gasteiger partial charge on any atom is -0.481 e. The molecular weight excluding hydrogens is 260 g/mol. The molecule has 20 heavy (non-hydrogen) atoms. The summed E-state index contributed by atoms with van der Waals surface area (Å²) in [6, 6.07) is 0. The molecule has 6 heteroatoms. The third kappa shape index (κ3) is 3.70. The standard InChI is InChI=1S/C14H24N2O4/c17-12(11-9-15-7-8-20-11)16-10-14(13(18)19)5-3-1-2-4-6-14/h11,15H,1-10H2,(H,16,17)(H,18,19). The van der Waals surface area contributed by atoms with E-state index in [0.29, 0.717) is 26.0 Å². The molecule has 0 aromatic carbocycles. The summed E-state index contributed by atoms with van der Waals surface area (Å²) >= 11 is 0. The van der Waals surface area contributed by atoms with Crippen molar-refractivity contribution in [3.8, 4) is 0 Å². The molecule has 1 aliphatic carbocycles. The van der Waals surface area contributed by atoms with Gasteiger partial charge in [-0.15, -0.1) is 0 Å². The highest BCUT2D eigenvalue weighted by atomic mass is 16.5. The molecule has 1 aliphatic heterocycles. The topological polar surface area (TPSA) is 87.7 Å². The highest BCUT2D eigenvalue weighted by molar-refractivity contribution is 5.82. The zero-order valence-electron chi connectivity index (χ0n) is 11.8. The van der Waals surface area contributed by atoms with Gasteiger partial charge in [0.25, 0.3) is 0 Å². The largest absolute Gasteiger partial charge is 0.481 e. The zero-order chi connectivity index (χ0) is 14.4. The van der Waals surface area contributed by atoms with E-state index in [9.17, 15) is 14.7 Å². The number of hydrogen-bond acceptors (Lipinski definition) is 4. The van der Waals surface area contributed by atoms with Crippen LogP contribution >= 0.6 is 0 Å². The molecular formula is C14H24N2O4. The summed E-state index contributed by atoms with van der Waals surface area (Å²) in [6.07, 6.45) is 4.80. The van der Waals surface area contributed by atoms with Gasteiger partial charge in [0.1, 0.15) is 6.10 Å². The summed E-state index contributed by atoms with van der Waals surface area (Å²) in [6.45, 7) is 1.97. The van der Waals surface area contributed by atoms with E-state index < -0.39 is 17.5 Å². The van der Waals surface area contributed by atoms with E-state index in [2.05, 4.69) is 10.6 Å². The van der Waals surface area contributed by atoms with E-state index in [1.807, 2.05) is 0 Å². The average Bonchev–Trinajstić information content (AvgIpc) is 2.72. The Bertz CT molecular complexity index is 345. The van der Waals surface area contributed by atoms with Crippen molar-refractivity contribution in [1.82, 2.24) is 10.6 Å². The van der Waals surface area contributed by atoms with Gasteiger partial charge in [0.2, 0.25) is 5.91 Å². The van der Waals surface area contributed by atoms with Crippen molar-refractivity contribution < 1.29 is 19.4 Å². The van der Waals surface area contributed by atoms with Crippen molar-refractivity contribution in [2.24, 2.45) is 5.41 Å². The number of carbonyl (C=O) groups excluding carboxylic acids is 1. The van der Waals surface area contributed by atoms with Crippen molar-refractivity contribution in [2.45, 2.75) is 44.6 Å². The van der Waals surface area contributed by atoms with Crippen LogP contribution in [0.5, 0.6) is 0 Å². The molecule has 0 radical (unpaired) electrons. The first-order valence-electron chi connectivity index (χ1n) is 7.47. The molecule has 1 amide bonds. The number of carboxylic acids is 1. The van der Waals surface area contributed by atoms with Gasteiger partial charge in [0.05, 0.1) is 12.0 Å². The minimum atomic E-state index is -0.797. The SMILES string of the molecule is O=C(NCC1(C(=O)O)CCCCCC1)C1CNCCO1. The Hall–Kier alpha value is -1.14. The van der Waals surface area contributed by atoms with Crippen LogP contribution in [0.25, 0.3) is 0 Å². The van der Waals surface area contributed by atoms with Gasteiger partial charge in [0, 0.05) is 19.6 Å². The van der Waals surface area contributed by atoms with Gasteiger partial charge in [-0.25, -0.2) is 0 Å². The predicted molar refractivity (Wildman–Crippen MR) is 73.4 cm³/mol. The molecule has 0 bridgehead atoms. The van der Waals surface area contributed by atoms with Crippen molar-refractivity contribution in [1.29, 1.82) is 0 Å². The highest BCUT2D eigenvalue weighted by Gasteiger charge is 2.39. The third-order valence-electron chi connectivity index (χ3n) is 4.34. The molecule has 1 saturated carbocycles. The Morgan fingerprint density at radius 3 is 2.50 bits per heavy atom. The van der Waals surface area contributed by atoms with Crippen LogP contribution in [-0.4, -0.2) is 49.3 Å². The number of morpholine rings is 1. The monoisotopic (exact) mass is 284 g/mol. The molecule has 2 fully saturated rings. The van der Waals surface area contributed by atoms with E-state index in [0.717, 1.165) is 32.2 Å². The number of aliphatic carboxylic acids is 1. The van der Waals surface area contributed by atoms with Crippen LogP contribution in [-0.2, 0) is 14.3 Å². The van der Waals surface area contributed by atoms with E-state index in [1.165, 1.54) is 0 Å². The maximum Gasteiger partial charge on any atom is 0.311 e. The smallest absolute Gasteiger partial charge is 0.311 e. The van der Waals surface area contributed by atoms with Crippen LogP contribution in [0.3, 0.4) is 0 Å². The number of carboxylic acid groups (broad SMARTS) is 1. The molecule has 2 rings (SSSR count). The third-order valence-corrected chi connectivity index (χ3v) is 4.34. The molecule has 6 nitrogen and oxygen atoms in total. The van der Waals surface area contributed by atoms with Gasteiger partial charge in [0.15, 0.2) is 0 Å². The lowest BCUT2D eigenvalue weighted by Gasteiger charge is -2.30. The first kappa shape index (κ1) is 15.3. The summed E-state index contributed by atoms with van der Waals surface area (Å²) in [5, 5.41) is 15.4. The van der Waals surface area contributed by atoms with Crippen LogP contribution in [0.4, 0.5) is 0 Å². The van der Waals surface area contributed by atoms with Gasteiger partial charge < -0.3 is 20.5 Å². The molecule has 0 spiro atoms. The van der Waals surface area contributed by atoms with E-state index >= 15 is 0 Å². The number of carbonyl (C=O) groups is 2. The molecule has 114 valence electrons. The van der Waals surface area contributed by atoms with Gasteiger partial charge in [-0.2, -0.15) is 0 Å². The maximum atomic E-state index is 12.0. The normalized spacial score (nSPS) is 26.5. The summed E-state index contributed by atoms with van der Waals surface area (Å²) in [5.74, 6) is -0.996. The molecule has 0 aromatic rings. The second-order valence-corrected chi connectivity index (χ2v) is 5.78. The zero-order valence-corrected chi connectivity index (χ0v) is 11.8. The van der Waals surface area contributed by atoms with Crippen molar-refractivity contribution in [3.63, 3.8) is 0 Å². The fourth-order valence-corrected chi connectivity index (χ4v) is 2.98. The average molecular weight is 284 g/mol. The van der Waals surface area contributed by atoms with Crippen LogP contribution in [0.2, 0.25) is 0 Å². The van der Waals surface area contributed by atoms with E-state index in [1.54, 1.807) is 0 Å². The van der Waals surface area contributed by atoms with E-state index in [-0.39, 0.29) is 12.5 Å². The van der Waals surface area contributed by atoms with Gasteiger partial charge in [-0.05, 0) is 12.8 Å². The first-order valence-corrected chi connectivity index (χ1v) is 7.47. The van der Waals surface area contributed by atoms with Gasteiger partial charge >= 0.3 is 5.97 Å². The van der Waals surface area contributed by atoms with Crippen molar-refractivity contribution >= 4 is 11.9 Å². The lowest BCUT2D eigenvalue weighted by molar-refractivity contribution is -0.150. The van der Waals surface area contributed by atoms with E-state index in [4.69, 9.17) is 4.74 Å². The number of amides is 1. The Morgan fingerprint density at radius 1 is 1.25 bits per heavy atom.